The Morgan fingerprint density at radius 2 is 2.03 bits per heavy atom. The standard InChI is InChI=1S/C27H30FN3O5/c1-3-36-27(34)24-22(15-31-11-12-35-16-20(31)14-23(32)33)29-26(18-7-5-4-6-8-18)30-25(24)21-10-9-19(28)13-17(21)2/h4-10,13,20,25H,3,11-12,14-16H2,1-2H3,(H,29,30)(H,32,33). The van der Waals surface area contributed by atoms with Crippen LogP contribution < -0.4 is 5.32 Å². The van der Waals surface area contributed by atoms with Crippen molar-refractivity contribution in [3.63, 3.8) is 0 Å². The molecule has 2 aromatic rings. The molecule has 190 valence electrons. The molecule has 2 unspecified atom stereocenters. The highest BCUT2D eigenvalue weighted by atomic mass is 19.1. The maximum absolute atomic E-state index is 13.9. The van der Waals surface area contributed by atoms with Gasteiger partial charge in [-0.3, -0.25) is 14.7 Å². The van der Waals surface area contributed by atoms with E-state index in [4.69, 9.17) is 14.5 Å². The number of aryl methyl sites for hydroxylation is 1. The second-order valence-electron chi connectivity index (χ2n) is 8.78. The lowest BCUT2D eigenvalue weighted by atomic mass is 9.91. The number of hydrogen-bond acceptors (Lipinski definition) is 7. The van der Waals surface area contributed by atoms with Gasteiger partial charge in [0.05, 0.1) is 31.8 Å². The van der Waals surface area contributed by atoms with E-state index in [1.54, 1.807) is 19.9 Å². The molecule has 4 rings (SSSR count). The van der Waals surface area contributed by atoms with Crippen molar-refractivity contribution in [2.24, 2.45) is 4.99 Å². The Labute approximate surface area is 209 Å². The van der Waals surface area contributed by atoms with Crippen LogP contribution in [-0.4, -0.2) is 66.7 Å². The molecule has 2 aromatic carbocycles. The van der Waals surface area contributed by atoms with Crippen LogP contribution in [-0.2, 0) is 19.1 Å². The molecule has 2 N–H and O–H groups in total. The van der Waals surface area contributed by atoms with Gasteiger partial charge in [0.1, 0.15) is 17.7 Å². The number of carboxylic acid groups (broad SMARTS) is 1. The van der Waals surface area contributed by atoms with Crippen molar-refractivity contribution < 1.29 is 28.6 Å². The van der Waals surface area contributed by atoms with Gasteiger partial charge in [-0.2, -0.15) is 0 Å². The first kappa shape index (κ1) is 25.5. The van der Waals surface area contributed by atoms with E-state index in [-0.39, 0.29) is 38.0 Å². The van der Waals surface area contributed by atoms with Gasteiger partial charge in [0.25, 0.3) is 0 Å². The summed E-state index contributed by atoms with van der Waals surface area (Å²) in [6, 6.07) is 12.9. The van der Waals surface area contributed by atoms with E-state index >= 15 is 0 Å². The fourth-order valence-corrected chi connectivity index (χ4v) is 4.57. The summed E-state index contributed by atoms with van der Waals surface area (Å²) >= 11 is 0. The highest BCUT2D eigenvalue weighted by Gasteiger charge is 2.35. The van der Waals surface area contributed by atoms with Crippen LogP contribution >= 0.6 is 0 Å². The molecule has 2 heterocycles. The molecule has 0 aromatic heterocycles. The number of amidine groups is 1. The number of nitrogens with one attached hydrogen (secondary N) is 1. The lowest BCUT2D eigenvalue weighted by Gasteiger charge is -2.37. The van der Waals surface area contributed by atoms with Gasteiger partial charge in [-0.15, -0.1) is 0 Å². The Morgan fingerprint density at radius 3 is 2.72 bits per heavy atom. The van der Waals surface area contributed by atoms with Gasteiger partial charge in [0.2, 0.25) is 0 Å². The maximum Gasteiger partial charge on any atom is 0.338 e. The Kier molecular flexibility index (Phi) is 8.12. The SMILES string of the molecule is CCOC(=O)C1=C(CN2CCOCC2CC(=O)O)NC(c2ccccc2)=NC1c1ccc(F)cc1C. The molecule has 1 saturated heterocycles. The molecule has 2 atom stereocenters. The number of benzene rings is 2. The minimum atomic E-state index is -0.918. The summed E-state index contributed by atoms with van der Waals surface area (Å²) in [5, 5.41) is 12.7. The summed E-state index contributed by atoms with van der Waals surface area (Å²) in [7, 11) is 0. The second-order valence-corrected chi connectivity index (χ2v) is 8.78. The number of rotatable bonds is 8. The molecule has 2 aliphatic heterocycles. The van der Waals surface area contributed by atoms with E-state index in [1.165, 1.54) is 12.1 Å². The van der Waals surface area contributed by atoms with Crippen molar-refractivity contribution in [2.45, 2.75) is 32.4 Å². The molecule has 8 nitrogen and oxygen atoms in total. The van der Waals surface area contributed by atoms with Gasteiger partial charge < -0.3 is 19.9 Å². The topological polar surface area (TPSA) is 100 Å². The molecule has 0 radical (unpaired) electrons. The summed E-state index contributed by atoms with van der Waals surface area (Å²) in [6.07, 6.45) is -0.0812. The van der Waals surface area contributed by atoms with Crippen LogP contribution in [0, 0.1) is 12.7 Å². The van der Waals surface area contributed by atoms with Crippen molar-refractivity contribution in [3.8, 4) is 0 Å². The van der Waals surface area contributed by atoms with Crippen molar-refractivity contribution in [3.05, 3.63) is 82.3 Å². The Morgan fingerprint density at radius 1 is 1.25 bits per heavy atom. The lowest BCUT2D eigenvalue weighted by molar-refractivity contribution is -0.141. The monoisotopic (exact) mass is 495 g/mol. The first-order valence-corrected chi connectivity index (χ1v) is 12.0. The minimum absolute atomic E-state index is 0.0812. The van der Waals surface area contributed by atoms with Gasteiger partial charge >= 0.3 is 11.9 Å². The predicted molar refractivity (Wildman–Crippen MR) is 132 cm³/mol. The summed E-state index contributed by atoms with van der Waals surface area (Å²) in [5.41, 5.74) is 3.08. The molecular weight excluding hydrogens is 465 g/mol. The van der Waals surface area contributed by atoms with Gasteiger partial charge in [-0.25, -0.2) is 9.18 Å². The normalized spacial score (nSPS) is 20.5. The first-order valence-electron chi connectivity index (χ1n) is 12.0. The number of carbonyl (C=O) groups excluding carboxylic acids is 1. The Balaban J connectivity index is 1.82. The van der Waals surface area contributed by atoms with Gasteiger partial charge in [-0.05, 0) is 37.1 Å². The third-order valence-electron chi connectivity index (χ3n) is 6.32. The Bertz CT molecular complexity index is 1180. The number of halogens is 1. The highest BCUT2D eigenvalue weighted by Crippen LogP contribution is 2.35. The molecule has 0 aliphatic carbocycles. The number of ether oxygens (including phenoxy) is 2. The minimum Gasteiger partial charge on any atom is -0.481 e. The number of nitrogens with zero attached hydrogens (tertiary/aromatic N) is 2. The zero-order chi connectivity index (χ0) is 25.7. The van der Waals surface area contributed by atoms with E-state index in [9.17, 15) is 19.1 Å². The number of carboxylic acids is 1. The predicted octanol–water partition coefficient (Wildman–Crippen LogP) is 3.22. The third kappa shape index (κ3) is 5.80. The van der Waals surface area contributed by atoms with E-state index in [0.717, 1.165) is 5.56 Å². The average Bonchev–Trinajstić information content (AvgIpc) is 2.85. The van der Waals surface area contributed by atoms with Crippen molar-refractivity contribution >= 4 is 17.8 Å². The van der Waals surface area contributed by atoms with Gasteiger partial charge in [0, 0.05) is 30.4 Å². The zero-order valence-electron chi connectivity index (χ0n) is 20.4. The second kappa shape index (κ2) is 11.5. The van der Waals surface area contributed by atoms with Crippen LogP contribution in [0.2, 0.25) is 0 Å². The maximum atomic E-state index is 13.9. The molecule has 0 saturated carbocycles. The van der Waals surface area contributed by atoms with Crippen LogP contribution in [0.1, 0.15) is 36.1 Å². The largest absolute Gasteiger partial charge is 0.481 e. The molecule has 0 spiro atoms. The van der Waals surface area contributed by atoms with Crippen molar-refractivity contribution in [2.75, 3.05) is 32.9 Å². The number of hydrogen-bond donors (Lipinski definition) is 2. The summed E-state index contributed by atoms with van der Waals surface area (Å²) in [6.45, 7) is 5.22. The van der Waals surface area contributed by atoms with Gasteiger partial charge in [0.15, 0.2) is 0 Å². The highest BCUT2D eigenvalue weighted by molar-refractivity contribution is 6.03. The summed E-state index contributed by atoms with van der Waals surface area (Å²) in [4.78, 5) is 31.7. The molecule has 0 bridgehead atoms. The fraction of sp³-hybridized carbons (Fsp3) is 0.370. The lowest BCUT2D eigenvalue weighted by Crippen LogP contribution is -2.49. The van der Waals surface area contributed by atoms with Gasteiger partial charge in [-0.1, -0.05) is 36.4 Å². The molecule has 2 aliphatic rings. The number of esters is 1. The van der Waals surface area contributed by atoms with Crippen molar-refractivity contribution in [1.29, 1.82) is 0 Å². The van der Waals surface area contributed by atoms with E-state index in [1.807, 2.05) is 35.2 Å². The number of aliphatic carboxylic acids is 1. The summed E-state index contributed by atoms with van der Waals surface area (Å²) < 4.78 is 24.9. The molecular formula is C27H30FN3O5. The van der Waals surface area contributed by atoms with Crippen LogP contribution in [0.3, 0.4) is 0 Å². The molecule has 0 amide bonds. The van der Waals surface area contributed by atoms with E-state index < -0.39 is 18.0 Å². The zero-order valence-corrected chi connectivity index (χ0v) is 20.4. The smallest absolute Gasteiger partial charge is 0.338 e. The summed E-state index contributed by atoms with van der Waals surface area (Å²) in [5.74, 6) is -1.25. The quantitative estimate of drug-likeness (QED) is 0.543. The van der Waals surface area contributed by atoms with Crippen LogP contribution in [0.4, 0.5) is 4.39 Å². The van der Waals surface area contributed by atoms with E-state index in [0.29, 0.717) is 41.4 Å². The van der Waals surface area contributed by atoms with Crippen LogP contribution in [0.15, 0.2) is 64.8 Å². The Hall–Kier alpha value is -3.56. The molecule has 36 heavy (non-hydrogen) atoms. The fourth-order valence-electron chi connectivity index (χ4n) is 4.57. The van der Waals surface area contributed by atoms with Crippen molar-refractivity contribution in [1.82, 2.24) is 10.2 Å². The van der Waals surface area contributed by atoms with Crippen LogP contribution in [0.5, 0.6) is 0 Å². The van der Waals surface area contributed by atoms with E-state index in [2.05, 4.69) is 5.32 Å². The average molecular weight is 496 g/mol. The van der Waals surface area contributed by atoms with Crippen LogP contribution in [0.25, 0.3) is 0 Å². The number of carbonyl (C=O) groups is 2. The number of aliphatic imine (C=N–C) groups is 1. The third-order valence-corrected chi connectivity index (χ3v) is 6.32. The molecule has 9 heteroatoms. The number of morpholine rings is 1. The molecule has 1 fully saturated rings. The first-order chi connectivity index (χ1) is 17.4.